The summed E-state index contributed by atoms with van der Waals surface area (Å²) in [6.07, 6.45) is 1.88. The smallest absolute Gasteiger partial charge is 0.235 e. The van der Waals surface area contributed by atoms with Crippen LogP contribution in [0, 0.1) is 0 Å². The first-order valence-corrected chi connectivity index (χ1v) is 20.3. The van der Waals surface area contributed by atoms with Crippen molar-refractivity contribution in [2.75, 3.05) is 0 Å². The average molecular weight is 759 g/mol. The zero-order chi connectivity index (χ0) is 37.9. The van der Waals surface area contributed by atoms with Gasteiger partial charge in [-0.2, -0.15) is 0 Å². The van der Waals surface area contributed by atoms with Crippen LogP contribution in [0.25, 0.3) is 114 Å². The molecule has 0 spiro atoms. The normalized spacial score (nSPS) is 12.1. The summed E-state index contributed by atoms with van der Waals surface area (Å²) in [6.45, 7) is 0. The molecule has 13 rings (SSSR count). The van der Waals surface area contributed by atoms with Crippen LogP contribution < -0.4 is 0 Å². The van der Waals surface area contributed by atoms with E-state index in [4.69, 9.17) is 15.0 Å². The van der Waals surface area contributed by atoms with Gasteiger partial charge in [0.1, 0.15) is 11.6 Å². The molecule has 270 valence electrons. The van der Waals surface area contributed by atoms with E-state index in [9.17, 15) is 0 Å². The van der Waals surface area contributed by atoms with Gasteiger partial charge in [0, 0.05) is 64.2 Å². The average Bonchev–Trinajstić information content (AvgIpc) is 4.02. The molecule has 0 saturated carbocycles. The third kappa shape index (κ3) is 4.44. The van der Waals surface area contributed by atoms with Crippen LogP contribution in [-0.4, -0.2) is 28.7 Å². The Morgan fingerprint density at radius 1 is 0.345 bits per heavy atom. The van der Waals surface area contributed by atoms with Gasteiger partial charge in [-0.3, -0.25) is 13.7 Å². The predicted octanol–water partition coefficient (Wildman–Crippen LogP) is 13.2. The van der Waals surface area contributed by atoms with Crippen LogP contribution >= 0.6 is 11.3 Å². The minimum absolute atomic E-state index is 0.641. The third-order valence-electron chi connectivity index (χ3n) is 11.7. The molecule has 0 atom stereocenters. The first-order valence-electron chi connectivity index (χ1n) is 19.4. The number of benzene rings is 7. The van der Waals surface area contributed by atoms with Crippen molar-refractivity contribution < 1.29 is 0 Å². The fourth-order valence-electron chi connectivity index (χ4n) is 9.23. The molecule has 13 aromatic rings. The van der Waals surface area contributed by atoms with Crippen LogP contribution in [0.1, 0.15) is 0 Å². The Bertz CT molecular complexity index is 3770. The molecule has 0 saturated heterocycles. The van der Waals surface area contributed by atoms with E-state index in [-0.39, 0.29) is 0 Å². The minimum atomic E-state index is 0.641. The van der Waals surface area contributed by atoms with E-state index < -0.39 is 0 Å². The van der Waals surface area contributed by atoms with Gasteiger partial charge in [-0.1, -0.05) is 103 Å². The second-order valence-corrected chi connectivity index (χ2v) is 16.0. The topological polar surface area (TPSA) is 53.5 Å². The number of thiophene rings is 1. The standard InChI is InChI=1S/C51H30N6S/c1-6-17-41-32(12-1)33-13-2-7-18-42(33)55(41)49-22-11-23-50(54-49)56-43-19-8-3-14-34(43)37-30-46-38(29-45(37)56)35-15-4-9-20-44(35)57(46)51-52-27-26-40(53-51)31-24-25-48-39(28-31)36-16-5-10-21-47(36)58-48/h1-30H. The molecule has 0 fully saturated rings. The maximum absolute atomic E-state index is 5.43. The number of pyridine rings is 1. The first-order chi connectivity index (χ1) is 28.8. The summed E-state index contributed by atoms with van der Waals surface area (Å²) < 4.78 is 9.39. The summed E-state index contributed by atoms with van der Waals surface area (Å²) in [5.74, 6) is 2.38. The number of hydrogen-bond acceptors (Lipinski definition) is 4. The number of nitrogens with zero attached hydrogens (tertiary/aromatic N) is 6. The lowest BCUT2D eigenvalue weighted by atomic mass is 10.1. The molecule has 0 bridgehead atoms. The van der Waals surface area contributed by atoms with Gasteiger partial charge in [-0.05, 0) is 72.8 Å². The van der Waals surface area contributed by atoms with Crippen LogP contribution in [-0.2, 0) is 0 Å². The Labute approximate surface area is 335 Å². The SMILES string of the molecule is c1cc(-n2c3ccccc3c3ccccc32)nc(-n2c3ccccc3c3cc4c(cc32)c2ccccc2n4-c2nccc(-c3ccc4sc5ccccc5c4c3)n2)c1. The summed E-state index contributed by atoms with van der Waals surface area (Å²) in [5, 5.41) is 9.53. The molecule has 0 amide bonds. The van der Waals surface area contributed by atoms with Gasteiger partial charge >= 0.3 is 0 Å². The van der Waals surface area contributed by atoms with Crippen molar-refractivity contribution in [2.24, 2.45) is 0 Å². The second-order valence-electron chi connectivity index (χ2n) is 14.9. The Kier molecular flexibility index (Phi) is 6.50. The summed E-state index contributed by atoms with van der Waals surface area (Å²) in [6, 6.07) is 62.7. The van der Waals surface area contributed by atoms with Crippen LogP contribution in [0.3, 0.4) is 0 Å². The molecule has 0 N–H and O–H groups in total. The second kappa shape index (κ2) is 11.9. The first kappa shape index (κ1) is 31.6. The molecule has 6 aromatic heterocycles. The zero-order valence-corrected chi connectivity index (χ0v) is 31.7. The lowest BCUT2D eigenvalue weighted by Gasteiger charge is -2.12. The molecule has 6 nitrogen and oxygen atoms in total. The molecular weight excluding hydrogens is 729 g/mol. The highest BCUT2D eigenvalue weighted by Gasteiger charge is 2.21. The number of hydrogen-bond donors (Lipinski definition) is 0. The Balaban J connectivity index is 1.03. The highest BCUT2D eigenvalue weighted by molar-refractivity contribution is 7.25. The molecule has 0 unspecified atom stereocenters. The number of para-hydroxylation sites is 4. The van der Waals surface area contributed by atoms with Crippen LogP contribution in [0.4, 0.5) is 0 Å². The number of aromatic nitrogens is 6. The maximum Gasteiger partial charge on any atom is 0.235 e. The van der Waals surface area contributed by atoms with Crippen molar-refractivity contribution >= 4 is 96.9 Å². The van der Waals surface area contributed by atoms with Crippen LogP contribution in [0.5, 0.6) is 0 Å². The van der Waals surface area contributed by atoms with E-state index in [0.29, 0.717) is 5.95 Å². The number of fused-ring (bicyclic) bond motifs is 12. The van der Waals surface area contributed by atoms with Crippen LogP contribution in [0.15, 0.2) is 182 Å². The largest absolute Gasteiger partial charge is 0.294 e. The predicted molar refractivity (Wildman–Crippen MR) is 241 cm³/mol. The van der Waals surface area contributed by atoms with E-state index in [2.05, 4.69) is 184 Å². The highest BCUT2D eigenvalue weighted by atomic mass is 32.1. The van der Waals surface area contributed by atoms with Crippen molar-refractivity contribution in [1.29, 1.82) is 0 Å². The quantitative estimate of drug-likeness (QED) is 0.180. The minimum Gasteiger partial charge on any atom is -0.294 e. The van der Waals surface area contributed by atoms with Gasteiger partial charge in [0.05, 0.1) is 38.8 Å². The van der Waals surface area contributed by atoms with Gasteiger partial charge in [0.15, 0.2) is 0 Å². The van der Waals surface area contributed by atoms with Crippen molar-refractivity contribution in [3.63, 3.8) is 0 Å². The lowest BCUT2D eigenvalue weighted by Crippen LogP contribution is -2.03. The zero-order valence-electron chi connectivity index (χ0n) is 30.9. The fourth-order valence-corrected chi connectivity index (χ4v) is 10.3. The number of rotatable bonds is 4. The fraction of sp³-hybridized carbons (Fsp3) is 0. The Hall–Kier alpha value is -7.61. The molecule has 0 aliphatic carbocycles. The Morgan fingerprint density at radius 2 is 0.845 bits per heavy atom. The molecule has 58 heavy (non-hydrogen) atoms. The van der Waals surface area contributed by atoms with Crippen molar-refractivity contribution in [3.8, 4) is 28.8 Å². The molecule has 0 aliphatic heterocycles. The monoisotopic (exact) mass is 758 g/mol. The molecule has 7 aromatic carbocycles. The highest BCUT2D eigenvalue weighted by Crippen LogP contribution is 2.40. The summed E-state index contributed by atoms with van der Waals surface area (Å²) in [7, 11) is 0. The van der Waals surface area contributed by atoms with Gasteiger partial charge in [-0.15, -0.1) is 11.3 Å². The molecule has 6 heterocycles. The van der Waals surface area contributed by atoms with E-state index >= 15 is 0 Å². The van der Waals surface area contributed by atoms with Crippen molar-refractivity contribution in [1.82, 2.24) is 28.7 Å². The van der Waals surface area contributed by atoms with E-state index in [1.807, 2.05) is 23.6 Å². The lowest BCUT2D eigenvalue weighted by molar-refractivity contribution is 0.992. The van der Waals surface area contributed by atoms with Crippen LogP contribution in [0.2, 0.25) is 0 Å². The molecule has 0 aliphatic rings. The summed E-state index contributed by atoms with van der Waals surface area (Å²) >= 11 is 1.83. The molecular formula is C51H30N6S. The van der Waals surface area contributed by atoms with E-state index in [0.717, 1.165) is 77.5 Å². The maximum atomic E-state index is 5.43. The Morgan fingerprint density at radius 3 is 1.48 bits per heavy atom. The van der Waals surface area contributed by atoms with Crippen molar-refractivity contribution in [3.05, 3.63) is 182 Å². The van der Waals surface area contributed by atoms with E-state index in [1.54, 1.807) is 0 Å². The third-order valence-corrected chi connectivity index (χ3v) is 12.9. The van der Waals surface area contributed by atoms with Gasteiger partial charge in [0.25, 0.3) is 0 Å². The van der Waals surface area contributed by atoms with E-state index in [1.165, 1.54) is 30.9 Å². The molecule has 0 radical (unpaired) electrons. The van der Waals surface area contributed by atoms with Gasteiger partial charge in [-0.25, -0.2) is 15.0 Å². The van der Waals surface area contributed by atoms with Gasteiger partial charge < -0.3 is 0 Å². The van der Waals surface area contributed by atoms with Crippen molar-refractivity contribution in [2.45, 2.75) is 0 Å². The summed E-state index contributed by atoms with van der Waals surface area (Å²) in [4.78, 5) is 15.6. The van der Waals surface area contributed by atoms with Gasteiger partial charge in [0.2, 0.25) is 5.95 Å². The molecule has 7 heteroatoms. The summed E-state index contributed by atoms with van der Waals surface area (Å²) in [5.41, 5.74) is 8.54.